The van der Waals surface area contributed by atoms with Gasteiger partial charge >= 0.3 is 0 Å². The third-order valence-electron chi connectivity index (χ3n) is 2.53. The number of carbonyl (C=O) groups is 1. The van der Waals surface area contributed by atoms with E-state index in [2.05, 4.69) is 30.8 Å². The molecule has 8 nitrogen and oxygen atoms in total. The second kappa shape index (κ2) is 4.86. The van der Waals surface area contributed by atoms with Crippen molar-refractivity contribution in [1.82, 2.24) is 25.5 Å². The molecule has 0 aromatic carbocycles. The van der Waals surface area contributed by atoms with Crippen LogP contribution >= 0.6 is 0 Å². The number of amides is 1. The van der Waals surface area contributed by atoms with Crippen LogP contribution in [0, 0.1) is 0 Å². The van der Waals surface area contributed by atoms with Gasteiger partial charge in [0.15, 0.2) is 5.65 Å². The van der Waals surface area contributed by atoms with Crippen LogP contribution in [0.2, 0.25) is 0 Å². The predicted molar refractivity (Wildman–Crippen MR) is 68.6 cm³/mol. The number of aromatic nitrogens is 4. The lowest BCUT2D eigenvalue weighted by Crippen LogP contribution is -2.33. The van der Waals surface area contributed by atoms with E-state index in [1.165, 1.54) is 0 Å². The molecule has 0 unspecified atom stereocenters. The van der Waals surface area contributed by atoms with E-state index in [1.807, 2.05) is 0 Å². The Hall–Kier alpha value is -2.38. The Balaban J connectivity index is 2.41. The van der Waals surface area contributed by atoms with Crippen molar-refractivity contribution in [2.45, 2.75) is 0 Å². The molecule has 0 bridgehead atoms. The maximum atomic E-state index is 11.4. The lowest BCUT2D eigenvalue weighted by molar-refractivity contribution is -0.119. The summed E-state index contributed by atoms with van der Waals surface area (Å²) in [6, 6.07) is 0. The standard InChI is InChI=1S/C10H15N7O/c1-11-7(18)5-17(3)9-6-4-13-16-8(6)14-10(12-2)15-9/h4H,5H2,1-3H3,(H,11,18)(H2,12,13,14,15,16). The molecule has 96 valence electrons. The van der Waals surface area contributed by atoms with Crippen molar-refractivity contribution >= 4 is 28.7 Å². The lowest BCUT2D eigenvalue weighted by atomic mass is 10.3. The van der Waals surface area contributed by atoms with Crippen molar-refractivity contribution in [2.75, 3.05) is 37.9 Å². The Labute approximate surface area is 104 Å². The molecular formula is C10H15N7O. The van der Waals surface area contributed by atoms with E-state index in [9.17, 15) is 4.79 Å². The minimum Gasteiger partial charge on any atom is -0.358 e. The Kier molecular flexibility index (Phi) is 3.26. The molecule has 0 radical (unpaired) electrons. The normalized spacial score (nSPS) is 10.4. The van der Waals surface area contributed by atoms with Gasteiger partial charge in [-0.1, -0.05) is 0 Å². The lowest BCUT2D eigenvalue weighted by Gasteiger charge is -2.18. The molecule has 0 saturated carbocycles. The molecule has 3 N–H and O–H groups in total. The number of anilines is 2. The van der Waals surface area contributed by atoms with Gasteiger partial charge in [-0.3, -0.25) is 9.89 Å². The van der Waals surface area contributed by atoms with E-state index in [1.54, 1.807) is 32.2 Å². The first-order valence-corrected chi connectivity index (χ1v) is 5.46. The highest BCUT2D eigenvalue weighted by Gasteiger charge is 2.14. The summed E-state index contributed by atoms with van der Waals surface area (Å²) in [5.74, 6) is 1.05. The maximum absolute atomic E-state index is 11.4. The van der Waals surface area contributed by atoms with Gasteiger partial charge in [0.1, 0.15) is 5.82 Å². The fraction of sp³-hybridized carbons (Fsp3) is 0.400. The number of fused-ring (bicyclic) bond motifs is 1. The highest BCUT2D eigenvalue weighted by molar-refractivity contribution is 5.90. The first-order valence-electron chi connectivity index (χ1n) is 5.46. The topological polar surface area (TPSA) is 98.8 Å². The molecule has 2 rings (SSSR count). The number of nitrogens with one attached hydrogen (secondary N) is 3. The van der Waals surface area contributed by atoms with Crippen molar-refractivity contribution in [3.05, 3.63) is 6.20 Å². The number of aromatic amines is 1. The number of hydrogen-bond donors (Lipinski definition) is 3. The molecule has 1 amide bonds. The monoisotopic (exact) mass is 249 g/mol. The second-order valence-corrected chi connectivity index (χ2v) is 3.78. The Morgan fingerprint density at radius 3 is 2.89 bits per heavy atom. The van der Waals surface area contributed by atoms with E-state index < -0.39 is 0 Å². The van der Waals surface area contributed by atoms with Crippen LogP contribution in [-0.2, 0) is 4.79 Å². The number of rotatable bonds is 4. The van der Waals surface area contributed by atoms with Gasteiger partial charge in [-0.15, -0.1) is 0 Å². The minimum absolute atomic E-state index is 0.0845. The van der Waals surface area contributed by atoms with Crippen LogP contribution in [0.3, 0.4) is 0 Å². The average molecular weight is 249 g/mol. The average Bonchev–Trinajstić information content (AvgIpc) is 2.85. The first-order chi connectivity index (χ1) is 8.65. The van der Waals surface area contributed by atoms with E-state index in [0.29, 0.717) is 17.4 Å². The zero-order valence-electron chi connectivity index (χ0n) is 10.5. The Bertz CT molecular complexity index is 564. The second-order valence-electron chi connectivity index (χ2n) is 3.78. The molecule has 2 heterocycles. The number of nitrogens with zero attached hydrogens (tertiary/aromatic N) is 4. The fourth-order valence-corrected chi connectivity index (χ4v) is 1.59. The zero-order chi connectivity index (χ0) is 13.1. The van der Waals surface area contributed by atoms with Crippen molar-refractivity contribution in [3.63, 3.8) is 0 Å². The first kappa shape index (κ1) is 12.1. The zero-order valence-corrected chi connectivity index (χ0v) is 10.5. The van der Waals surface area contributed by atoms with Gasteiger partial charge in [0.2, 0.25) is 11.9 Å². The summed E-state index contributed by atoms with van der Waals surface area (Å²) in [5, 5.41) is 13.0. The van der Waals surface area contributed by atoms with Gasteiger partial charge in [0.05, 0.1) is 18.1 Å². The van der Waals surface area contributed by atoms with Crippen molar-refractivity contribution < 1.29 is 4.79 Å². The van der Waals surface area contributed by atoms with Gasteiger partial charge in [-0.05, 0) is 0 Å². The third-order valence-corrected chi connectivity index (χ3v) is 2.53. The predicted octanol–water partition coefficient (Wildman–Crippen LogP) is -0.423. The molecule has 18 heavy (non-hydrogen) atoms. The van der Waals surface area contributed by atoms with Crippen LogP contribution in [0.15, 0.2) is 6.20 Å². The van der Waals surface area contributed by atoms with Gasteiger partial charge in [0.25, 0.3) is 0 Å². The number of hydrogen-bond acceptors (Lipinski definition) is 6. The molecule has 0 saturated heterocycles. The van der Waals surface area contributed by atoms with Gasteiger partial charge in [0, 0.05) is 21.1 Å². The van der Waals surface area contributed by atoms with Crippen molar-refractivity contribution in [1.29, 1.82) is 0 Å². The minimum atomic E-state index is -0.0845. The van der Waals surface area contributed by atoms with Crippen molar-refractivity contribution in [3.8, 4) is 0 Å². The summed E-state index contributed by atoms with van der Waals surface area (Å²) >= 11 is 0. The summed E-state index contributed by atoms with van der Waals surface area (Å²) in [7, 11) is 5.13. The van der Waals surface area contributed by atoms with Gasteiger partial charge < -0.3 is 15.5 Å². The maximum Gasteiger partial charge on any atom is 0.239 e. The van der Waals surface area contributed by atoms with Crippen LogP contribution in [0.1, 0.15) is 0 Å². The third kappa shape index (κ3) is 2.17. The van der Waals surface area contributed by atoms with E-state index in [0.717, 1.165) is 5.39 Å². The molecule has 0 fully saturated rings. The molecule has 8 heteroatoms. The van der Waals surface area contributed by atoms with Crippen molar-refractivity contribution in [2.24, 2.45) is 0 Å². The molecule has 0 aliphatic rings. The largest absolute Gasteiger partial charge is 0.358 e. The van der Waals surface area contributed by atoms with Gasteiger partial charge in [-0.25, -0.2) is 0 Å². The summed E-state index contributed by atoms with van der Waals surface area (Å²) in [6.07, 6.45) is 1.64. The highest BCUT2D eigenvalue weighted by Crippen LogP contribution is 2.22. The molecular weight excluding hydrogens is 234 g/mol. The molecule has 0 atom stereocenters. The fourth-order valence-electron chi connectivity index (χ4n) is 1.59. The number of carbonyl (C=O) groups excluding carboxylic acids is 1. The van der Waals surface area contributed by atoms with E-state index in [-0.39, 0.29) is 12.5 Å². The van der Waals surface area contributed by atoms with Crippen LogP contribution in [0.4, 0.5) is 11.8 Å². The summed E-state index contributed by atoms with van der Waals surface area (Å²) in [5.41, 5.74) is 0.633. The molecule has 2 aromatic heterocycles. The number of likely N-dealkylation sites (N-methyl/N-ethyl adjacent to an activating group) is 2. The van der Waals surface area contributed by atoms with Gasteiger partial charge in [-0.2, -0.15) is 15.1 Å². The molecule has 0 aliphatic heterocycles. The smallest absolute Gasteiger partial charge is 0.239 e. The van der Waals surface area contributed by atoms with E-state index in [4.69, 9.17) is 0 Å². The SMILES string of the molecule is CNC(=O)CN(C)c1nc(NC)nc2[nH]ncc12. The summed E-state index contributed by atoms with van der Waals surface area (Å²) in [6.45, 7) is 0.219. The Morgan fingerprint density at radius 1 is 1.44 bits per heavy atom. The van der Waals surface area contributed by atoms with Crippen LogP contribution in [0.5, 0.6) is 0 Å². The van der Waals surface area contributed by atoms with Crippen LogP contribution in [-0.4, -0.2) is 53.8 Å². The molecule has 0 spiro atoms. The quantitative estimate of drug-likeness (QED) is 0.680. The Morgan fingerprint density at radius 2 is 2.22 bits per heavy atom. The molecule has 0 aliphatic carbocycles. The highest BCUT2D eigenvalue weighted by atomic mass is 16.1. The van der Waals surface area contributed by atoms with E-state index >= 15 is 0 Å². The van der Waals surface area contributed by atoms with Crippen LogP contribution in [0.25, 0.3) is 11.0 Å². The van der Waals surface area contributed by atoms with Crippen LogP contribution < -0.4 is 15.5 Å². The summed E-state index contributed by atoms with van der Waals surface area (Å²) in [4.78, 5) is 21.7. The number of H-pyrrole nitrogens is 1. The summed E-state index contributed by atoms with van der Waals surface area (Å²) < 4.78 is 0. The molecule has 2 aromatic rings.